The quantitative estimate of drug-likeness (QED) is 0.598. The molecule has 0 aliphatic rings. The average Bonchev–Trinajstić information content (AvgIpc) is 2.38. The fourth-order valence-electron chi connectivity index (χ4n) is 1.16. The summed E-state index contributed by atoms with van der Waals surface area (Å²) in [6.45, 7) is 1.77. The molecule has 0 saturated heterocycles. The maximum Gasteiger partial charge on any atom is 0.409 e. The molecule has 0 radical (unpaired) electrons. The van der Waals surface area contributed by atoms with Gasteiger partial charge in [-0.15, -0.1) is 0 Å². The van der Waals surface area contributed by atoms with Gasteiger partial charge in [-0.2, -0.15) is 0 Å². The molecule has 0 spiro atoms. The van der Waals surface area contributed by atoms with E-state index in [1.807, 2.05) is 23.5 Å². The monoisotopic (exact) mass is 253 g/mol. The van der Waals surface area contributed by atoms with Crippen molar-refractivity contribution in [1.29, 1.82) is 0 Å². The van der Waals surface area contributed by atoms with Crippen LogP contribution in [0.15, 0.2) is 30.3 Å². The van der Waals surface area contributed by atoms with E-state index in [9.17, 15) is 14.7 Å². The number of alkyl carbamates (subject to hydrolysis) is 1. The van der Waals surface area contributed by atoms with Gasteiger partial charge >= 0.3 is 12.1 Å². The van der Waals surface area contributed by atoms with Crippen LogP contribution in [0.3, 0.4) is 0 Å². The lowest BCUT2D eigenvalue weighted by Crippen LogP contribution is -2.41. The minimum atomic E-state index is -1.71. The smallest absolute Gasteiger partial charge is 0.409 e. The molecule has 0 heterocycles. The summed E-state index contributed by atoms with van der Waals surface area (Å²) >= 11 is 0. The van der Waals surface area contributed by atoms with E-state index in [1.165, 1.54) is 0 Å². The molecule has 1 aromatic rings. The summed E-state index contributed by atoms with van der Waals surface area (Å²) < 4.78 is 9.32. The van der Waals surface area contributed by atoms with Crippen molar-refractivity contribution in [2.75, 3.05) is 6.61 Å². The second-order valence-electron chi connectivity index (χ2n) is 3.36. The van der Waals surface area contributed by atoms with Gasteiger partial charge in [0.2, 0.25) is 6.23 Å². The molecule has 0 fully saturated rings. The van der Waals surface area contributed by atoms with Crippen LogP contribution in [0.2, 0.25) is 0 Å². The van der Waals surface area contributed by atoms with Crippen molar-refractivity contribution in [3.05, 3.63) is 35.9 Å². The highest BCUT2D eigenvalue weighted by atomic mass is 16.6. The third kappa shape index (κ3) is 4.84. The Morgan fingerprint density at radius 2 is 1.94 bits per heavy atom. The maximum atomic E-state index is 11.2. The molecule has 6 heteroatoms. The van der Waals surface area contributed by atoms with Gasteiger partial charge in [-0.3, -0.25) is 5.32 Å². The first-order valence-electron chi connectivity index (χ1n) is 5.45. The zero-order valence-electron chi connectivity index (χ0n) is 9.96. The van der Waals surface area contributed by atoms with Gasteiger partial charge in [-0.1, -0.05) is 30.3 Å². The van der Waals surface area contributed by atoms with Crippen LogP contribution in [0, 0.1) is 0 Å². The van der Waals surface area contributed by atoms with Gasteiger partial charge in [0.25, 0.3) is 0 Å². The number of carbonyl (C=O) groups excluding carboxylic acids is 2. The van der Waals surface area contributed by atoms with Gasteiger partial charge < -0.3 is 14.6 Å². The minimum absolute atomic E-state index is 0.0578. The Kier molecular flexibility index (Phi) is 5.66. The molecule has 18 heavy (non-hydrogen) atoms. The highest BCUT2D eigenvalue weighted by Gasteiger charge is 2.19. The van der Waals surface area contributed by atoms with E-state index in [1.54, 1.807) is 19.1 Å². The topological polar surface area (TPSA) is 84.9 Å². The van der Waals surface area contributed by atoms with E-state index in [0.29, 0.717) is 0 Å². The number of carbonyl (C=O) groups is 2. The van der Waals surface area contributed by atoms with Crippen LogP contribution in [-0.2, 0) is 20.9 Å². The molecular formula is C12H15NO5. The summed E-state index contributed by atoms with van der Waals surface area (Å²) in [6, 6.07) is 9.03. The van der Waals surface area contributed by atoms with Gasteiger partial charge in [-0.25, -0.2) is 9.59 Å². The number of rotatable bonds is 5. The predicted molar refractivity (Wildman–Crippen MR) is 62.4 cm³/mol. The van der Waals surface area contributed by atoms with Gasteiger partial charge in [0.05, 0.1) is 6.61 Å². The first-order chi connectivity index (χ1) is 8.63. The molecule has 0 aliphatic heterocycles. The normalized spacial score (nSPS) is 11.4. The number of benzene rings is 1. The summed E-state index contributed by atoms with van der Waals surface area (Å²) in [7, 11) is 0. The fraction of sp³-hybridized carbons (Fsp3) is 0.333. The summed E-state index contributed by atoms with van der Waals surface area (Å²) in [6.07, 6.45) is -2.60. The third-order valence-corrected chi connectivity index (χ3v) is 1.98. The van der Waals surface area contributed by atoms with Gasteiger partial charge in [-0.05, 0) is 12.5 Å². The molecule has 1 aromatic carbocycles. The van der Waals surface area contributed by atoms with Crippen molar-refractivity contribution >= 4 is 12.1 Å². The Labute approximate surface area is 105 Å². The van der Waals surface area contributed by atoms with Crippen molar-refractivity contribution < 1.29 is 24.2 Å². The first-order valence-corrected chi connectivity index (χ1v) is 5.45. The second-order valence-corrected chi connectivity index (χ2v) is 3.36. The molecule has 2 N–H and O–H groups in total. The summed E-state index contributed by atoms with van der Waals surface area (Å²) in [5, 5.41) is 11.2. The molecule has 1 atom stereocenters. The molecule has 1 unspecified atom stereocenters. The number of aliphatic hydroxyl groups is 1. The summed E-state index contributed by atoms with van der Waals surface area (Å²) in [5.41, 5.74) is 0.804. The van der Waals surface area contributed by atoms with E-state index in [2.05, 4.69) is 4.74 Å². The third-order valence-electron chi connectivity index (χ3n) is 1.98. The van der Waals surface area contributed by atoms with E-state index < -0.39 is 18.3 Å². The van der Waals surface area contributed by atoms with Crippen LogP contribution in [0.4, 0.5) is 4.79 Å². The Hall–Kier alpha value is -2.08. The predicted octanol–water partition coefficient (Wildman–Crippen LogP) is 0.794. The van der Waals surface area contributed by atoms with Crippen molar-refractivity contribution in [2.45, 2.75) is 19.8 Å². The lowest BCUT2D eigenvalue weighted by molar-refractivity contribution is -0.154. The summed E-state index contributed by atoms with van der Waals surface area (Å²) in [4.78, 5) is 22.2. The Morgan fingerprint density at radius 3 is 2.56 bits per heavy atom. The number of nitrogens with one attached hydrogen (secondary N) is 1. The zero-order valence-corrected chi connectivity index (χ0v) is 9.96. The van der Waals surface area contributed by atoms with Gasteiger partial charge in [0.1, 0.15) is 6.61 Å². The lowest BCUT2D eigenvalue weighted by Gasteiger charge is -2.11. The Bertz CT molecular complexity index is 393. The van der Waals surface area contributed by atoms with E-state index in [0.717, 1.165) is 5.56 Å². The van der Waals surface area contributed by atoms with Gasteiger partial charge in [0, 0.05) is 0 Å². The molecular weight excluding hydrogens is 238 g/mol. The lowest BCUT2D eigenvalue weighted by atomic mass is 10.2. The van der Waals surface area contributed by atoms with Crippen molar-refractivity contribution in [2.24, 2.45) is 0 Å². The number of esters is 1. The number of hydrogen-bond acceptors (Lipinski definition) is 5. The highest BCUT2D eigenvalue weighted by Crippen LogP contribution is 2.00. The van der Waals surface area contributed by atoms with Crippen LogP contribution in [0.1, 0.15) is 12.5 Å². The number of ether oxygens (including phenoxy) is 2. The SMILES string of the molecule is CCOC(=O)C(O)NC(=O)OCc1ccccc1. The first kappa shape index (κ1) is 14.0. The molecule has 1 rings (SSSR count). The van der Waals surface area contributed by atoms with Crippen molar-refractivity contribution in [3.63, 3.8) is 0 Å². The molecule has 6 nitrogen and oxygen atoms in total. The largest absolute Gasteiger partial charge is 0.463 e. The van der Waals surface area contributed by atoms with Crippen LogP contribution < -0.4 is 5.32 Å². The van der Waals surface area contributed by atoms with Gasteiger partial charge in [0.15, 0.2) is 0 Å². The standard InChI is InChI=1S/C12H15NO5/c1-2-17-11(15)10(14)13-12(16)18-8-9-6-4-3-5-7-9/h3-7,10,14H,2,8H2,1H3,(H,13,16). The zero-order chi connectivity index (χ0) is 13.4. The van der Waals surface area contributed by atoms with E-state index in [4.69, 9.17) is 4.74 Å². The molecule has 0 bridgehead atoms. The Morgan fingerprint density at radius 1 is 1.28 bits per heavy atom. The van der Waals surface area contributed by atoms with Crippen molar-refractivity contribution in [3.8, 4) is 0 Å². The molecule has 0 aromatic heterocycles. The van der Waals surface area contributed by atoms with Crippen LogP contribution in [-0.4, -0.2) is 30.0 Å². The molecule has 0 aliphatic carbocycles. The van der Waals surface area contributed by atoms with Crippen LogP contribution in [0.5, 0.6) is 0 Å². The number of aliphatic hydroxyl groups excluding tert-OH is 1. The minimum Gasteiger partial charge on any atom is -0.463 e. The number of hydrogen-bond donors (Lipinski definition) is 2. The Balaban J connectivity index is 2.31. The van der Waals surface area contributed by atoms with E-state index >= 15 is 0 Å². The highest BCUT2D eigenvalue weighted by molar-refractivity contribution is 5.79. The maximum absolute atomic E-state index is 11.2. The fourth-order valence-corrected chi connectivity index (χ4v) is 1.16. The second kappa shape index (κ2) is 7.29. The van der Waals surface area contributed by atoms with E-state index in [-0.39, 0.29) is 13.2 Å². The van der Waals surface area contributed by atoms with Crippen molar-refractivity contribution in [1.82, 2.24) is 5.32 Å². The summed E-state index contributed by atoms with van der Waals surface area (Å²) in [5.74, 6) is -0.922. The van der Waals surface area contributed by atoms with Crippen LogP contribution >= 0.6 is 0 Å². The average molecular weight is 253 g/mol. The molecule has 0 saturated carbocycles. The molecule has 98 valence electrons. The molecule has 1 amide bonds. The number of amides is 1. The van der Waals surface area contributed by atoms with Crippen LogP contribution in [0.25, 0.3) is 0 Å².